The summed E-state index contributed by atoms with van der Waals surface area (Å²) in [7, 11) is 0. The van der Waals surface area contributed by atoms with E-state index in [2.05, 4.69) is 64.1 Å². The van der Waals surface area contributed by atoms with Gasteiger partial charge >= 0.3 is 0 Å². The van der Waals surface area contributed by atoms with Crippen LogP contribution in [0.3, 0.4) is 0 Å². The van der Waals surface area contributed by atoms with Crippen molar-refractivity contribution in [1.29, 1.82) is 0 Å². The zero-order valence-electron chi connectivity index (χ0n) is 15.0. The van der Waals surface area contributed by atoms with Crippen molar-refractivity contribution in [1.82, 2.24) is 4.48 Å². The molecule has 0 N–H and O–H groups in total. The molecule has 0 bridgehead atoms. The van der Waals surface area contributed by atoms with Crippen molar-refractivity contribution in [3.05, 3.63) is 59.1 Å². The van der Waals surface area contributed by atoms with Crippen LogP contribution in [0.15, 0.2) is 48.5 Å². The minimum absolute atomic E-state index is 0.00975. The Kier molecular flexibility index (Phi) is 4.89. The van der Waals surface area contributed by atoms with Crippen LogP contribution in [-0.2, 0) is 0 Å². The zero-order valence-corrected chi connectivity index (χ0v) is 15.8. The average molecular weight is 345 g/mol. The fraction of sp³-hybridized carbons (Fsp3) is 0.429. The molecule has 1 unspecified atom stereocenters. The van der Waals surface area contributed by atoms with Crippen molar-refractivity contribution in [2.75, 3.05) is 13.1 Å². The first-order valence-electron chi connectivity index (χ1n) is 8.81. The first kappa shape index (κ1) is 17.3. The molecule has 2 aromatic rings. The van der Waals surface area contributed by atoms with Gasteiger partial charge in [-0.25, -0.2) is 4.48 Å². The van der Waals surface area contributed by atoms with Crippen molar-refractivity contribution < 1.29 is 4.74 Å². The minimum atomic E-state index is -0.00975. The molecule has 24 heavy (non-hydrogen) atoms. The van der Waals surface area contributed by atoms with E-state index in [9.17, 15) is 0 Å². The quantitative estimate of drug-likeness (QED) is 0.600. The fourth-order valence-electron chi connectivity index (χ4n) is 4.02. The molecular weight excluding hydrogens is 318 g/mol. The number of halogens is 1. The second-order valence-electron chi connectivity index (χ2n) is 7.68. The molecule has 0 spiro atoms. The Morgan fingerprint density at radius 1 is 0.917 bits per heavy atom. The molecule has 2 nitrogen and oxygen atoms in total. The third-order valence-electron chi connectivity index (χ3n) is 4.57. The first-order chi connectivity index (χ1) is 11.4. The number of benzene rings is 2. The number of quaternary nitrogens is 1. The van der Waals surface area contributed by atoms with Crippen molar-refractivity contribution in [3.8, 4) is 5.75 Å². The third kappa shape index (κ3) is 3.18. The lowest BCUT2D eigenvalue weighted by atomic mass is 10.0. The molecule has 3 rings (SSSR count). The second kappa shape index (κ2) is 6.78. The first-order valence-corrected chi connectivity index (χ1v) is 9.18. The molecule has 128 valence electrons. The highest BCUT2D eigenvalue weighted by Gasteiger charge is 2.50. The number of fused-ring (bicyclic) bond motifs is 1. The largest absolute Gasteiger partial charge is 0.432 e. The van der Waals surface area contributed by atoms with Crippen LogP contribution in [0, 0.1) is 11.8 Å². The van der Waals surface area contributed by atoms with Crippen LogP contribution in [-0.4, -0.2) is 13.1 Å². The van der Waals surface area contributed by atoms with Crippen molar-refractivity contribution in [2.45, 2.75) is 33.9 Å². The van der Waals surface area contributed by atoms with Gasteiger partial charge in [-0.3, -0.25) is 0 Å². The molecule has 0 aliphatic carbocycles. The molecule has 1 atom stereocenters. The summed E-state index contributed by atoms with van der Waals surface area (Å²) in [5.74, 6) is 2.17. The SMILES string of the molecule is CC(C)C[N+]1(CC(C)C)c2ccccc2OC1c1ccc(Cl)cc1. The molecule has 0 saturated heterocycles. The van der Waals surface area contributed by atoms with Gasteiger partial charge in [-0.1, -0.05) is 51.4 Å². The molecule has 0 radical (unpaired) electrons. The summed E-state index contributed by atoms with van der Waals surface area (Å²) >= 11 is 6.10. The Labute approximate surface area is 150 Å². The molecule has 0 fully saturated rings. The smallest absolute Gasteiger partial charge is 0.265 e. The van der Waals surface area contributed by atoms with E-state index >= 15 is 0 Å². The Morgan fingerprint density at radius 2 is 1.50 bits per heavy atom. The average Bonchev–Trinajstić information content (AvgIpc) is 2.81. The topological polar surface area (TPSA) is 9.23 Å². The molecule has 0 saturated carbocycles. The van der Waals surface area contributed by atoms with Gasteiger partial charge in [0.1, 0.15) is 0 Å². The highest BCUT2D eigenvalue weighted by atomic mass is 35.5. The van der Waals surface area contributed by atoms with Gasteiger partial charge in [-0.15, -0.1) is 0 Å². The highest BCUT2D eigenvalue weighted by Crippen LogP contribution is 2.50. The van der Waals surface area contributed by atoms with Gasteiger partial charge in [-0.2, -0.15) is 0 Å². The second-order valence-corrected chi connectivity index (χ2v) is 8.11. The van der Waals surface area contributed by atoms with Gasteiger partial charge in [0, 0.05) is 22.9 Å². The van der Waals surface area contributed by atoms with Gasteiger partial charge in [0.2, 0.25) is 0 Å². The fourth-order valence-corrected chi connectivity index (χ4v) is 4.14. The summed E-state index contributed by atoms with van der Waals surface area (Å²) in [6, 6.07) is 16.6. The predicted molar refractivity (Wildman–Crippen MR) is 102 cm³/mol. The zero-order chi connectivity index (χ0) is 17.3. The molecule has 1 aliphatic heterocycles. The number of hydrogen-bond donors (Lipinski definition) is 0. The van der Waals surface area contributed by atoms with E-state index in [1.807, 2.05) is 12.1 Å². The molecular formula is C21H27ClNO+. The van der Waals surface area contributed by atoms with Crippen LogP contribution in [0.4, 0.5) is 5.69 Å². The number of hydrogen-bond acceptors (Lipinski definition) is 1. The lowest BCUT2D eigenvalue weighted by Gasteiger charge is -2.40. The Balaban J connectivity index is 2.14. The van der Waals surface area contributed by atoms with Crippen LogP contribution in [0.25, 0.3) is 0 Å². The lowest BCUT2D eigenvalue weighted by molar-refractivity contribution is 0.0477. The van der Waals surface area contributed by atoms with E-state index in [-0.39, 0.29) is 6.23 Å². The molecule has 1 aliphatic rings. The minimum Gasteiger partial charge on any atom is -0.432 e. The van der Waals surface area contributed by atoms with E-state index in [1.54, 1.807) is 0 Å². The Bertz CT molecular complexity index is 683. The normalized spacial score (nSPS) is 18.7. The van der Waals surface area contributed by atoms with Gasteiger partial charge < -0.3 is 4.74 Å². The number of ether oxygens (including phenoxy) is 1. The predicted octanol–water partition coefficient (Wildman–Crippen LogP) is 6.05. The van der Waals surface area contributed by atoms with Crippen molar-refractivity contribution >= 4 is 17.3 Å². The van der Waals surface area contributed by atoms with Gasteiger partial charge in [0.25, 0.3) is 6.23 Å². The maximum absolute atomic E-state index is 6.48. The molecule has 0 aromatic heterocycles. The summed E-state index contributed by atoms with van der Waals surface area (Å²) in [6.45, 7) is 11.3. The standard InChI is InChI=1S/C21H27ClNO/c1-15(2)13-23(14-16(3)4)19-7-5-6-8-20(19)24-21(23)17-9-11-18(22)12-10-17/h5-12,15-16,21H,13-14H2,1-4H3/q+1. The van der Waals surface area contributed by atoms with E-state index < -0.39 is 0 Å². The van der Waals surface area contributed by atoms with Crippen molar-refractivity contribution in [3.63, 3.8) is 0 Å². The maximum Gasteiger partial charge on any atom is 0.265 e. The summed E-state index contributed by atoms with van der Waals surface area (Å²) < 4.78 is 7.33. The lowest BCUT2D eigenvalue weighted by Crippen LogP contribution is -2.54. The van der Waals surface area contributed by atoms with Crippen LogP contribution in [0.2, 0.25) is 5.02 Å². The van der Waals surface area contributed by atoms with Gasteiger partial charge in [-0.05, 0) is 30.3 Å². The molecule has 0 amide bonds. The van der Waals surface area contributed by atoms with E-state index in [0.717, 1.165) is 28.3 Å². The van der Waals surface area contributed by atoms with Crippen LogP contribution in [0.5, 0.6) is 5.75 Å². The molecule has 1 heterocycles. The summed E-state index contributed by atoms with van der Waals surface area (Å²) in [6.07, 6.45) is -0.00975. The van der Waals surface area contributed by atoms with Gasteiger partial charge in [0.05, 0.1) is 18.7 Å². The number of rotatable bonds is 5. The van der Waals surface area contributed by atoms with E-state index in [4.69, 9.17) is 16.3 Å². The summed E-state index contributed by atoms with van der Waals surface area (Å²) in [5, 5.41) is 0.764. The van der Waals surface area contributed by atoms with Crippen LogP contribution < -0.4 is 9.22 Å². The summed E-state index contributed by atoms with van der Waals surface area (Å²) in [4.78, 5) is 0. The van der Waals surface area contributed by atoms with Crippen LogP contribution >= 0.6 is 11.6 Å². The highest BCUT2D eigenvalue weighted by molar-refractivity contribution is 6.30. The maximum atomic E-state index is 6.48. The molecule has 3 heteroatoms. The Hall–Kier alpha value is -1.51. The van der Waals surface area contributed by atoms with Crippen molar-refractivity contribution in [2.24, 2.45) is 11.8 Å². The van der Waals surface area contributed by atoms with E-state index in [1.165, 1.54) is 11.3 Å². The molecule has 2 aromatic carbocycles. The number of nitrogens with zero attached hydrogens (tertiary/aromatic N) is 1. The number of para-hydroxylation sites is 2. The Morgan fingerprint density at radius 3 is 2.08 bits per heavy atom. The van der Waals surface area contributed by atoms with Gasteiger partial charge in [0.15, 0.2) is 11.4 Å². The van der Waals surface area contributed by atoms with Crippen LogP contribution in [0.1, 0.15) is 39.5 Å². The summed E-state index contributed by atoms with van der Waals surface area (Å²) in [5.41, 5.74) is 2.50. The third-order valence-corrected chi connectivity index (χ3v) is 4.82. The van der Waals surface area contributed by atoms with E-state index in [0.29, 0.717) is 11.8 Å². The monoisotopic (exact) mass is 344 g/mol.